The normalized spacial score (nSPS) is 11.0. The summed E-state index contributed by atoms with van der Waals surface area (Å²) in [5, 5.41) is 1.30. The molecule has 140 valence electrons. The van der Waals surface area contributed by atoms with E-state index in [9.17, 15) is 0 Å². The minimum absolute atomic E-state index is 0.848. The van der Waals surface area contributed by atoms with Gasteiger partial charge in [0.25, 0.3) is 0 Å². The largest absolute Gasteiger partial charge is 0.335 e. The van der Waals surface area contributed by atoms with Crippen LogP contribution < -0.4 is 0 Å². The molecule has 1 aromatic heterocycles. The van der Waals surface area contributed by atoms with Crippen LogP contribution in [-0.4, -0.2) is 4.57 Å². The molecule has 0 bridgehead atoms. The molecule has 0 aliphatic rings. The quantitative estimate of drug-likeness (QED) is 0.300. The summed E-state index contributed by atoms with van der Waals surface area (Å²) in [7, 11) is 0. The molecule has 2 heteroatoms. The molecule has 1 nitrogen and oxygen atoms in total. The summed E-state index contributed by atoms with van der Waals surface area (Å²) in [6.07, 6.45) is 0. The van der Waals surface area contributed by atoms with E-state index in [1.807, 2.05) is 11.8 Å². The third kappa shape index (κ3) is 3.59. The molecule has 0 amide bonds. The van der Waals surface area contributed by atoms with Gasteiger partial charge in [0.15, 0.2) is 0 Å². The first kappa shape index (κ1) is 17.8. The summed E-state index contributed by atoms with van der Waals surface area (Å²) in [6.45, 7) is 0.848. The lowest BCUT2D eigenvalue weighted by Gasteiger charge is -2.13. The Kier molecular flexibility index (Phi) is 4.93. The number of aromatic nitrogens is 1. The van der Waals surface area contributed by atoms with E-state index in [1.165, 1.54) is 37.5 Å². The molecule has 0 spiro atoms. The van der Waals surface area contributed by atoms with Gasteiger partial charge in [-0.15, -0.1) is 0 Å². The van der Waals surface area contributed by atoms with Crippen LogP contribution in [0.25, 0.3) is 22.2 Å². The highest BCUT2D eigenvalue weighted by Crippen LogP contribution is 2.43. The van der Waals surface area contributed by atoms with Gasteiger partial charge in [-0.25, -0.2) is 0 Å². The van der Waals surface area contributed by atoms with Gasteiger partial charge in [0.05, 0.1) is 5.69 Å². The van der Waals surface area contributed by atoms with E-state index in [0.717, 1.165) is 6.54 Å². The van der Waals surface area contributed by atoms with Gasteiger partial charge in [-0.3, -0.25) is 0 Å². The van der Waals surface area contributed by atoms with Gasteiger partial charge in [0.1, 0.15) is 0 Å². The van der Waals surface area contributed by atoms with Crippen molar-refractivity contribution in [2.45, 2.75) is 16.3 Å². The van der Waals surface area contributed by atoms with Crippen molar-refractivity contribution in [2.24, 2.45) is 0 Å². The van der Waals surface area contributed by atoms with Crippen molar-refractivity contribution in [1.29, 1.82) is 0 Å². The maximum atomic E-state index is 2.46. The van der Waals surface area contributed by atoms with Crippen LogP contribution in [0, 0.1) is 0 Å². The van der Waals surface area contributed by atoms with Gasteiger partial charge in [-0.1, -0.05) is 109 Å². The average Bonchev–Trinajstić information content (AvgIpc) is 3.09. The van der Waals surface area contributed by atoms with Crippen molar-refractivity contribution in [1.82, 2.24) is 4.57 Å². The van der Waals surface area contributed by atoms with Gasteiger partial charge in [0.2, 0.25) is 0 Å². The monoisotopic (exact) mass is 391 g/mol. The van der Waals surface area contributed by atoms with Crippen LogP contribution in [0.4, 0.5) is 0 Å². The van der Waals surface area contributed by atoms with Crippen LogP contribution in [0.2, 0.25) is 0 Å². The fourth-order valence-electron chi connectivity index (χ4n) is 3.79. The summed E-state index contributed by atoms with van der Waals surface area (Å²) in [5.41, 5.74) is 5.11. The fourth-order valence-corrected chi connectivity index (χ4v) is 4.93. The zero-order valence-corrected chi connectivity index (χ0v) is 16.8. The Bertz CT molecular complexity index is 1150. The Hall–Kier alpha value is -3.23. The van der Waals surface area contributed by atoms with E-state index in [1.54, 1.807) is 0 Å². The molecule has 4 aromatic carbocycles. The number of rotatable bonds is 5. The highest BCUT2D eigenvalue weighted by atomic mass is 32.2. The van der Waals surface area contributed by atoms with E-state index in [0.29, 0.717) is 0 Å². The molecule has 0 aliphatic carbocycles. The number of hydrogen-bond donors (Lipinski definition) is 0. The molecule has 0 atom stereocenters. The second kappa shape index (κ2) is 8.02. The molecule has 0 saturated heterocycles. The second-order valence-corrected chi connectivity index (χ2v) is 8.13. The first-order valence-corrected chi connectivity index (χ1v) is 10.7. The number of benzene rings is 4. The minimum Gasteiger partial charge on any atom is -0.335 e. The van der Waals surface area contributed by atoms with Gasteiger partial charge in [-0.05, 0) is 29.3 Å². The van der Waals surface area contributed by atoms with E-state index >= 15 is 0 Å². The Balaban J connectivity index is 1.76. The molecule has 5 aromatic rings. The molecule has 0 fully saturated rings. The Labute approximate surface area is 175 Å². The van der Waals surface area contributed by atoms with Crippen LogP contribution >= 0.6 is 11.8 Å². The van der Waals surface area contributed by atoms with Gasteiger partial charge in [0, 0.05) is 27.2 Å². The molecular weight excluding hydrogens is 370 g/mol. The van der Waals surface area contributed by atoms with Crippen LogP contribution in [0.1, 0.15) is 5.56 Å². The molecule has 0 aliphatic heterocycles. The van der Waals surface area contributed by atoms with Crippen molar-refractivity contribution in [3.63, 3.8) is 0 Å². The summed E-state index contributed by atoms with van der Waals surface area (Å²) in [5.74, 6) is 0. The van der Waals surface area contributed by atoms with E-state index < -0.39 is 0 Å². The number of nitrogens with zero attached hydrogens (tertiary/aromatic N) is 1. The zero-order chi connectivity index (χ0) is 19.5. The lowest BCUT2D eigenvalue weighted by Crippen LogP contribution is -2.02. The van der Waals surface area contributed by atoms with E-state index in [2.05, 4.69) is 120 Å². The molecular formula is C27H21NS. The maximum absolute atomic E-state index is 2.46. The number of hydrogen-bond acceptors (Lipinski definition) is 1. The Morgan fingerprint density at radius 1 is 0.586 bits per heavy atom. The summed E-state index contributed by atoms with van der Waals surface area (Å²) >= 11 is 1.85. The van der Waals surface area contributed by atoms with Gasteiger partial charge in [-0.2, -0.15) is 0 Å². The fraction of sp³-hybridized carbons (Fsp3) is 0.0370. The summed E-state index contributed by atoms with van der Waals surface area (Å²) in [6, 6.07) is 40.9. The highest BCUT2D eigenvalue weighted by Gasteiger charge is 2.19. The maximum Gasteiger partial charge on any atom is 0.0636 e. The molecule has 0 radical (unpaired) electrons. The smallest absolute Gasteiger partial charge is 0.0636 e. The number of fused-ring (bicyclic) bond motifs is 1. The lowest BCUT2D eigenvalue weighted by molar-refractivity contribution is 0.839. The predicted molar refractivity (Wildman–Crippen MR) is 123 cm³/mol. The minimum atomic E-state index is 0.848. The summed E-state index contributed by atoms with van der Waals surface area (Å²) < 4.78 is 2.46. The average molecular weight is 392 g/mol. The molecule has 0 N–H and O–H groups in total. The van der Waals surface area contributed by atoms with Crippen molar-refractivity contribution < 1.29 is 0 Å². The Morgan fingerprint density at radius 3 is 1.90 bits per heavy atom. The summed E-state index contributed by atoms with van der Waals surface area (Å²) in [4.78, 5) is 2.57. The van der Waals surface area contributed by atoms with Crippen LogP contribution in [-0.2, 0) is 6.54 Å². The van der Waals surface area contributed by atoms with Crippen molar-refractivity contribution in [2.75, 3.05) is 0 Å². The van der Waals surface area contributed by atoms with Gasteiger partial charge >= 0.3 is 0 Å². The third-order valence-electron chi connectivity index (χ3n) is 5.12. The van der Waals surface area contributed by atoms with Crippen molar-refractivity contribution in [3.05, 3.63) is 121 Å². The third-order valence-corrected chi connectivity index (χ3v) is 6.24. The lowest BCUT2D eigenvalue weighted by atomic mass is 10.1. The topological polar surface area (TPSA) is 4.93 Å². The zero-order valence-electron chi connectivity index (χ0n) is 16.0. The van der Waals surface area contributed by atoms with Crippen LogP contribution in [0.15, 0.2) is 125 Å². The van der Waals surface area contributed by atoms with Crippen LogP contribution in [0.3, 0.4) is 0 Å². The number of para-hydroxylation sites is 1. The molecule has 5 rings (SSSR count). The molecule has 0 saturated carbocycles. The standard InChI is InChI=1S/C27H21NS/c1-4-12-21(13-5-1)20-28-25-19-11-10-18-24(25)27(29-23-16-8-3-9-17-23)26(28)22-14-6-2-7-15-22/h1-19H,20H2. The van der Waals surface area contributed by atoms with Gasteiger partial charge < -0.3 is 4.57 Å². The molecule has 1 heterocycles. The first-order valence-electron chi connectivity index (χ1n) is 9.83. The van der Waals surface area contributed by atoms with Crippen molar-refractivity contribution >= 4 is 22.7 Å². The predicted octanol–water partition coefficient (Wildman–Crippen LogP) is 7.51. The highest BCUT2D eigenvalue weighted by molar-refractivity contribution is 7.99. The SMILES string of the molecule is c1ccc(Cn2c(-c3ccccc3)c(Sc3ccccc3)c3ccccc32)cc1. The van der Waals surface area contributed by atoms with E-state index in [4.69, 9.17) is 0 Å². The Morgan fingerprint density at radius 2 is 1.17 bits per heavy atom. The van der Waals surface area contributed by atoms with Crippen molar-refractivity contribution in [3.8, 4) is 11.3 Å². The van der Waals surface area contributed by atoms with E-state index in [-0.39, 0.29) is 0 Å². The second-order valence-electron chi connectivity index (χ2n) is 7.05. The first-order chi connectivity index (χ1) is 14.4. The molecule has 29 heavy (non-hydrogen) atoms. The molecule has 0 unspecified atom stereocenters. The van der Waals surface area contributed by atoms with Crippen LogP contribution in [0.5, 0.6) is 0 Å².